The molecule has 0 spiro atoms. The van der Waals surface area contributed by atoms with Crippen molar-refractivity contribution < 1.29 is 24.2 Å². The molecule has 0 radical (unpaired) electrons. The van der Waals surface area contributed by atoms with Crippen LogP contribution in [0.4, 0.5) is 5.69 Å². The monoisotopic (exact) mass is 545 g/mol. The first-order valence-corrected chi connectivity index (χ1v) is 14.0. The van der Waals surface area contributed by atoms with Crippen LogP contribution in [0.2, 0.25) is 0 Å². The van der Waals surface area contributed by atoms with Crippen LogP contribution >= 0.6 is 11.8 Å². The van der Waals surface area contributed by atoms with Crippen molar-refractivity contribution in [2.45, 2.75) is 33.2 Å². The van der Waals surface area contributed by atoms with Gasteiger partial charge in [0.2, 0.25) is 5.91 Å². The number of para-hydroxylation sites is 1. The van der Waals surface area contributed by atoms with Crippen LogP contribution in [0, 0.1) is 0 Å². The number of hydrogen-bond acceptors (Lipinski definition) is 7. The number of thioether (sulfide) groups is 1. The highest BCUT2D eigenvalue weighted by Crippen LogP contribution is 2.41. The number of ether oxygens (including phenoxy) is 2. The first kappa shape index (κ1) is 26.6. The quantitative estimate of drug-likeness (QED) is 0.357. The van der Waals surface area contributed by atoms with Crippen LogP contribution in [0.25, 0.3) is 17.0 Å². The van der Waals surface area contributed by atoms with E-state index < -0.39 is 5.97 Å². The van der Waals surface area contributed by atoms with Gasteiger partial charge in [0.15, 0.2) is 0 Å². The van der Waals surface area contributed by atoms with Gasteiger partial charge >= 0.3 is 5.97 Å². The van der Waals surface area contributed by atoms with Gasteiger partial charge in [-0.25, -0.2) is 9.79 Å². The zero-order valence-corrected chi connectivity index (χ0v) is 22.9. The summed E-state index contributed by atoms with van der Waals surface area (Å²) >= 11 is 1.21. The van der Waals surface area contributed by atoms with Gasteiger partial charge in [-0.3, -0.25) is 4.79 Å². The Kier molecular flexibility index (Phi) is 8.07. The van der Waals surface area contributed by atoms with Gasteiger partial charge in [-0.05, 0) is 63.1 Å². The van der Waals surface area contributed by atoms with Crippen molar-refractivity contribution in [1.29, 1.82) is 0 Å². The lowest BCUT2D eigenvalue weighted by Crippen LogP contribution is -2.30. The summed E-state index contributed by atoms with van der Waals surface area (Å²) < 4.78 is 12.7. The van der Waals surface area contributed by atoms with Gasteiger partial charge in [-0.15, -0.1) is 0 Å². The van der Waals surface area contributed by atoms with E-state index >= 15 is 0 Å². The summed E-state index contributed by atoms with van der Waals surface area (Å²) in [5, 5.41) is 12.5. The lowest BCUT2D eigenvalue weighted by molar-refractivity contribution is -0.138. The molecule has 5 rings (SSSR count). The van der Waals surface area contributed by atoms with Gasteiger partial charge in [0.25, 0.3) is 0 Å². The summed E-state index contributed by atoms with van der Waals surface area (Å²) in [4.78, 5) is 32.7. The molecule has 8 nitrogen and oxygen atoms in total. The smallest absolute Gasteiger partial charge is 0.344 e. The highest BCUT2D eigenvalue weighted by Gasteiger charge is 2.33. The van der Waals surface area contributed by atoms with E-state index in [1.165, 1.54) is 11.8 Å². The molecule has 0 aliphatic carbocycles. The molecule has 0 atom stereocenters. The number of fused-ring (bicyclic) bond motifs is 1. The number of benzene rings is 2. The third kappa shape index (κ3) is 5.73. The Morgan fingerprint density at radius 2 is 1.79 bits per heavy atom. The highest BCUT2D eigenvalue weighted by atomic mass is 32.2. The molecule has 0 unspecified atom stereocenters. The fourth-order valence-corrected chi connectivity index (χ4v) is 5.79. The van der Waals surface area contributed by atoms with Crippen LogP contribution in [0.3, 0.4) is 0 Å². The zero-order valence-electron chi connectivity index (χ0n) is 22.1. The average Bonchev–Trinajstić information content (AvgIpc) is 3.65. The second kappa shape index (κ2) is 11.8. The third-order valence-corrected chi connectivity index (χ3v) is 7.64. The summed E-state index contributed by atoms with van der Waals surface area (Å²) in [5.74, 6) is 0.0202. The Balaban J connectivity index is 1.50. The number of carbonyl (C=O) groups excluding carboxylic acids is 2. The lowest BCUT2D eigenvalue weighted by Gasteiger charge is -2.15. The van der Waals surface area contributed by atoms with Crippen molar-refractivity contribution in [3.8, 4) is 5.75 Å². The molecule has 2 aliphatic rings. The number of aromatic nitrogens is 1. The number of aliphatic hydroxyl groups is 1. The van der Waals surface area contributed by atoms with Gasteiger partial charge in [0.05, 0.1) is 23.8 Å². The Morgan fingerprint density at radius 3 is 2.51 bits per heavy atom. The number of likely N-dealkylation sites (tertiary alicyclic amines) is 1. The number of amides is 1. The maximum Gasteiger partial charge on any atom is 0.344 e. The number of aliphatic hydroxyl groups excluding tert-OH is 1. The SMILES string of the molecule is CCOC(=O)C1=C(O)/C(=C/c2cn(CC(=O)N3CCCC3)c3ccccc23)SC1=Nc1ccc(OCC)cc1. The average molecular weight is 546 g/mol. The van der Waals surface area contributed by atoms with E-state index in [-0.39, 0.29) is 30.4 Å². The summed E-state index contributed by atoms with van der Waals surface area (Å²) in [6, 6.07) is 15.1. The molecule has 2 aliphatic heterocycles. The van der Waals surface area contributed by atoms with E-state index in [4.69, 9.17) is 9.47 Å². The summed E-state index contributed by atoms with van der Waals surface area (Å²) in [7, 11) is 0. The van der Waals surface area contributed by atoms with Crippen molar-refractivity contribution in [2.75, 3.05) is 26.3 Å². The third-order valence-electron chi connectivity index (χ3n) is 6.62. The fourth-order valence-electron chi connectivity index (χ4n) is 4.77. The number of carbonyl (C=O) groups is 2. The maximum atomic E-state index is 12.9. The molecule has 1 fully saturated rings. The Morgan fingerprint density at radius 1 is 1.05 bits per heavy atom. The molecule has 0 saturated carbocycles. The molecule has 1 N–H and O–H groups in total. The Hall–Kier alpha value is -3.98. The van der Waals surface area contributed by atoms with Crippen molar-refractivity contribution in [1.82, 2.24) is 9.47 Å². The lowest BCUT2D eigenvalue weighted by atomic mass is 10.1. The highest BCUT2D eigenvalue weighted by molar-refractivity contribution is 8.18. The van der Waals surface area contributed by atoms with E-state index in [1.54, 1.807) is 19.1 Å². The molecule has 2 aromatic carbocycles. The van der Waals surface area contributed by atoms with Gasteiger partial charge < -0.3 is 24.0 Å². The fraction of sp³-hybridized carbons (Fsp3) is 0.300. The van der Waals surface area contributed by atoms with Crippen LogP contribution in [0.1, 0.15) is 32.3 Å². The van der Waals surface area contributed by atoms with Crippen molar-refractivity contribution in [2.24, 2.45) is 4.99 Å². The number of aliphatic imine (C=N–C) groups is 1. The molecule has 9 heteroatoms. The summed E-state index contributed by atoms with van der Waals surface area (Å²) in [6.45, 7) is 6.22. The van der Waals surface area contributed by atoms with Gasteiger partial charge in [-0.2, -0.15) is 0 Å². The second-order valence-electron chi connectivity index (χ2n) is 9.22. The number of esters is 1. The zero-order chi connectivity index (χ0) is 27.4. The van der Waals surface area contributed by atoms with Crippen molar-refractivity contribution in [3.05, 3.63) is 76.5 Å². The molecule has 202 valence electrons. The van der Waals surface area contributed by atoms with Crippen LogP contribution in [-0.4, -0.2) is 57.8 Å². The minimum absolute atomic E-state index is 0.0370. The van der Waals surface area contributed by atoms with E-state index in [9.17, 15) is 14.7 Å². The van der Waals surface area contributed by atoms with Gasteiger partial charge in [0.1, 0.15) is 28.7 Å². The molecular weight excluding hydrogens is 514 g/mol. The van der Waals surface area contributed by atoms with E-state index in [2.05, 4.69) is 4.99 Å². The van der Waals surface area contributed by atoms with E-state index in [1.807, 2.05) is 65.1 Å². The van der Waals surface area contributed by atoms with Crippen LogP contribution in [0.15, 0.2) is 76.0 Å². The maximum absolute atomic E-state index is 12.9. The number of hydrogen-bond donors (Lipinski definition) is 1. The molecule has 1 amide bonds. The molecule has 1 aromatic heterocycles. The predicted octanol–water partition coefficient (Wildman–Crippen LogP) is 5.86. The van der Waals surface area contributed by atoms with Crippen LogP contribution < -0.4 is 4.74 Å². The minimum Gasteiger partial charge on any atom is -0.506 e. The molecule has 3 heterocycles. The molecule has 39 heavy (non-hydrogen) atoms. The van der Waals surface area contributed by atoms with E-state index in [0.717, 1.165) is 48.1 Å². The van der Waals surface area contributed by atoms with Crippen molar-refractivity contribution >= 4 is 51.3 Å². The van der Waals surface area contributed by atoms with Crippen molar-refractivity contribution in [3.63, 3.8) is 0 Å². The van der Waals surface area contributed by atoms with Crippen LogP contribution in [0.5, 0.6) is 5.75 Å². The number of rotatable bonds is 8. The van der Waals surface area contributed by atoms with E-state index in [0.29, 0.717) is 22.2 Å². The Bertz CT molecular complexity index is 1480. The van der Waals surface area contributed by atoms with Gasteiger partial charge in [-0.1, -0.05) is 30.0 Å². The first-order chi connectivity index (χ1) is 19.0. The summed E-state index contributed by atoms with van der Waals surface area (Å²) in [5.41, 5.74) is 2.42. The topological polar surface area (TPSA) is 93.4 Å². The largest absolute Gasteiger partial charge is 0.506 e. The molecule has 0 bridgehead atoms. The van der Waals surface area contributed by atoms with Gasteiger partial charge in [0, 0.05) is 35.8 Å². The normalized spacial score (nSPS) is 17.5. The summed E-state index contributed by atoms with van der Waals surface area (Å²) in [6.07, 6.45) is 5.84. The first-order valence-electron chi connectivity index (χ1n) is 13.2. The molecular formula is C30H31N3O5S. The van der Waals surface area contributed by atoms with Crippen LogP contribution in [-0.2, 0) is 20.9 Å². The predicted molar refractivity (Wildman–Crippen MR) is 154 cm³/mol. The Labute approximate surface area is 231 Å². The molecule has 1 saturated heterocycles. The standard InChI is InChI=1S/C30H31N3O5S/c1-3-37-22-13-11-21(12-14-22)31-29-27(30(36)38-4-2)28(35)25(39-29)17-20-18-33(24-10-6-5-9-23(20)24)19-26(34)32-15-7-8-16-32/h5-6,9-14,17-18,35H,3-4,7-8,15-16,19H2,1-2H3/b25-17-,31-29?. The minimum atomic E-state index is -0.630. The second-order valence-corrected chi connectivity index (χ2v) is 10.2. The molecule has 3 aromatic rings. The number of nitrogens with zero attached hydrogens (tertiary/aromatic N) is 3.